The van der Waals surface area contributed by atoms with E-state index in [0.717, 1.165) is 49.1 Å². The van der Waals surface area contributed by atoms with E-state index in [1.807, 2.05) is 7.05 Å². The van der Waals surface area contributed by atoms with Crippen molar-refractivity contribution in [2.24, 2.45) is 5.92 Å². The van der Waals surface area contributed by atoms with Gasteiger partial charge in [0.1, 0.15) is 28.0 Å². The molecule has 0 unspecified atom stereocenters. The van der Waals surface area contributed by atoms with Crippen LogP contribution in [0.5, 0.6) is 5.75 Å². The molecule has 2 aliphatic rings. The number of pyridine rings is 1. The zero-order chi connectivity index (χ0) is 36.8. The fourth-order valence-corrected chi connectivity index (χ4v) is 6.81. The van der Waals surface area contributed by atoms with Gasteiger partial charge in [0.25, 0.3) is 11.8 Å². The normalized spacial score (nSPS) is 17.6. The number of methoxy groups -OCH3 is 1. The van der Waals surface area contributed by atoms with E-state index < -0.39 is 52.5 Å². The number of aromatic nitrogens is 3. The van der Waals surface area contributed by atoms with Gasteiger partial charge >= 0.3 is 5.92 Å². The van der Waals surface area contributed by atoms with Crippen molar-refractivity contribution in [1.82, 2.24) is 35.0 Å². The monoisotopic (exact) mass is 730 g/mol. The number of anilines is 1. The number of nitrogens with one attached hydrogen (secondary N) is 3. The molecule has 274 valence electrons. The number of amides is 4. The fourth-order valence-electron chi connectivity index (χ4n) is 6.39. The van der Waals surface area contributed by atoms with Gasteiger partial charge in [-0.25, -0.2) is 4.39 Å². The summed E-state index contributed by atoms with van der Waals surface area (Å²) in [6, 6.07) is 3.90. The lowest BCUT2D eigenvalue weighted by atomic mass is 9.74. The van der Waals surface area contributed by atoms with Gasteiger partial charge in [0, 0.05) is 38.8 Å². The standard InChI is InChI=1S/C34H41F3N8O5S/c1-33(22-7-5-4-6-8-22,42-32(49)34(36,37)23-17-24(50-3)19-38-18-23)31(48)41-26-10-9-21(15-25(26)35)16-27(40-29(46)28-20-39-43-51-28)30(47)45-13-11-44(2)12-14-45/h9-10,15,17-20,22,27H,4-8,11-14,16H2,1-3H3,(H,40,46)(H,41,48)(H,42,49)/t27-,33-/m1/s1. The first kappa shape index (κ1) is 37.6. The van der Waals surface area contributed by atoms with E-state index in [1.54, 1.807) is 4.90 Å². The topological polar surface area (TPSA) is 159 Å². The minimum absolute atomic E-state index is 0.0289. The minimum atomic E-state index is -4.06. The Hall–Kier alpha value is -4.64. The van der Waals surface area contributed by atoms with E-state index in [4.69, 9.17) is 4.74 Å². The maximum Gasteiger partial charge on any atom is 0.351 e. The Balaban J connectivity index is 1.34. The zero-order valence-corrected chi connectivity index (χ0v) is 29.4. The molecule has 13 nitrogen and oxygen atoms in total. The van der Waals surface area contributed by atoms with Gasteiger partial charge in [-0.2, -0.15) is 8.78 Å². The molecule has 0 spiro atoms. The quantitative estimate of drug-likeness (QED) is 0.254. The lowest BCUT2D eigenvalue weighted by molar-refractivity contribution is -0.152. The second-order valence-corrected chi connectivity index (χ2v) is 13.9. The smallest absolute Gasteiger partial charge is 0.351 e. The summed E-state index contributed by atoms with van der Waals surface area (Å²) in [6.45, 7) is 3.61. The molecule has 3 heterocycles. The van der Waals surface area contributed by atoms with Crippen molar-refractivity contribution < 1.29 is 37.1 Å². The van der Waals surface area contributed by atoms with Crippen molar-refractivity contribution in [3.8, 4) is 5.75 Å². The summed E-state index contributed by atoms with van der Waals surface area (Å²) in [7, 11) is 3.23. The van der Waals surface area contributed by atoms with Crippen LogP contribution in [0.3, 0.4) is 0 Å². The molecule has 1 aromatic carbocycles. The van der Waals surface area contributed by atoms with Crippen LogP contribution < -0.4 is 20.7 Å². The van der Waals surface area contributed by atoms with Crippen LogP contribution in [-0.2, 0) is 26.7 Å². The number of benzene rings is 1. The minimum Gasteiger partial charge on any atom is -0.495 e. The first-order valence-electron chi connectivity index (χ1n) is 16.7. The predicted octanol–water partition coefficient (Wildman–Crippen LogP) is 3.38. The number of alkyl halides is 2. The van der Waals surface area contributed by atoms with Crippen LogP contribution >= 0.6 is 11.5 Å². The van der Waals surface area contributed by atoms with E-state index in [-0.39, 0.29) is 28.6 Å². The summed E-state index contributed by atoms with van der Waals surface area (Å²) in [5.74, 6) is -8.82. The number of carbonyl (C=O) groups excluding carboxylic acids is 4. The lowest BCUT2D eigenvalue weighted by Gasteiger charge is -2.40. The molecular formula is C34H41F3N8O5S. The molecule has 1 aliphatic heterocycles. The van der Waals surface area contributed by atoms with E-state index in [1.165, 1.54) is 38.6 Å². The summed E-state index contributed by atoms with van der Waals surface area (Å²) in [5, 5.41) is 11.2. The summed E-state index contributed by atoms with van der Waals surface area (Å²) < 4.78 is 55.3. The first-order valence-corrected chi connectivity index (χ1v) is 17.4. The Morgan fingerprint density at radius 1 is 1.02 bits per heavy atom. The third-order valence-corrected chi connectivity index (χ3v) is 10.3. The van der Waals surface area contributed by atoms with Gasteiger partial charge in [-0.3, -0.25) is 24.2 Å². The highest BCUT2D eigenvalue weighted by molar-refractivity contribution is 7.07. The summed E-state index contributed by atoms with van der Waals surface area (Å²) in [6.07, 6.45) is 6.63. The first-order chi connectivity index (χ1) is 24.3. The highest BCUT2D eigenvalue weighted by Gasteiger charge is 2.50. The number of likely N-dealkylation sites (N-methyl/N-ethyl adjacent to an activating group) is 1. The largest absolute Gasteiger partial charge is 0.495 e. The van der Waals surface area contributed by atoms with E-state index in [0.29, 0.717) is 44.6 Å². The molecule has 2 aromatic heterocycles. The molecule has 0 bridgehead atoms. The molecular weight excluding hydrogens is 689 g/mol. The van der Waals surface area contributed by atoms with Gasteiger partial charge in [0.05, 0.1) is 30.8 Å². The molecule has 0 radical (unpaired) electrons. The molecule has 17 heteroatoms. The average Bonchev–Trinajstić information content (AvgIpc) is 3.68. The fraction of sp³-hybridized carbons (Fsp3) is 0.500. The summed E-state index contributed by atoms with van der Waals surface area (Å²) >= 11 is 0.873. The molecule has 2 atom stereocenters. The van der Waals surface area contributed by atoms with Crippen molar-refractivity contribution in [3.63, 3.8) is 0 Å². The third kappa shape index (κ3) is 8.81. The van der Waals surface area contributed by atoms with Crippen LogP contribution in [0.25, 0.3) is 0 Å². The van der Waals surface area contributed by atoms with Crippen molar-refractivity contribution in [3.05, 3.63) is 64.7 Å². The van der Waals surface area contributed by atoms with Gasteiger partial charge in [-0.1, -0.05) is 29.8 Å². The summed E-state index contributed by atoms with van der Waals surface area (Å²) in [5.41, 5.74) is -2.42. The van der Waals surface area contributed by atoms with Gasteiger partial charge in [0.15, 0.2) is 0 Å². The van der Waals surface area contributed by atoms with Crippen molar-refractivity contribution >= 4 is 40.8 Å². The maximum absolute atomic E-state index is 15.7. The number of hydrogen-bond donors (Lipinski definition) is 3. The molecule has 3 N–H and O–H groups in total. The van der Waals surface area contributed by atoms with Crippen molar-refractivity contribution in [2.75, 3.05) is 45.7 Å². The van der Waals surface area contributed by atoms with E-state index in [2.05, 4.69) is 35.4 Å². The average molecular weight is 731 g/mol. The van der Waals surface area contributed by atoms with Crippen LogP contribution in [0.2, 0.25) is 0 Å². The number of rotatable bonds is 12. The van der Waals surface area contributed by atoms with E-state index in [9.17, 15) is 19.2 Å². The third-order valence-electron chi connectivity index (χ3n) is 9.59. The van der Waals surface area contributed by atoms with Gasteiger partial charge in [0.2, 0.25) is 11.8 Å². The molecule has 5 rings (SSSR count). The molecule has 1 saturated heterocycles. The zero-order valence-electron chi connectivity index (χ0n) is 28.6. The molecule has 4 amide bonds. The van der Waals surface area contributed by atoms with Crippen LogP contribution in [0.1, 0.15) is 59.8 Å². The van der Waals surface area contributed by atoms with Crippen LogP contribution in [0, 0.1) is 11.7 Å². The number of halogens is 3. The second kappa shape index (κ2) is 16.1. The maximum atomic E-state index is 15.7. The second-order valence-electron chi connectivity index (χ2n) is 13.1. The highest BCUT2D eigenvalue weighted by atomic mass is 32.1. The van der Waals surface area contributed by atoms with Crippen LogP contribution in [0.4, 0.5) is 18.9 Å². The molecule has 3 aromatic rings. The van der Waals surface area contributed by atoms with Crippen molar-refractivity contribution in [1.29, 1.82) is 0 Å². The Labute approximate surface area is 297 Å². The lowest BCUT2D eigenvalue weighted by Crippen LogP contribution is -2.62. The van der Waals surface area contributed by atoms with Gasteiger partial charge in [-0.05, 0) is 68.0 Å². The Bertz CT molecular complexity index is 1720. The Morgan fingerprint density at radius 3 is 2.39 bits per heavy atom. The number of carbonyl (C=O) groups is 4. The molecule has 2 fully saturated rings. The van der Waals surface area contributed by atoms with Crippen LogP contribution in [0.15, 0.2) is 42.9 Å². The molecule has 1 aliphatic carbocycles. The summed E-state index contributed by atoms with van der Waals surface area (Å²) in [4.78, 5) is 61.2. The number of ether oxygens (including phenoxy) is 1. The van der Waals surface area contributed by atoms with Gasteiger partial charge < -0.3 is 30.5 Å². The number of piperazine rings is 1. The van der Waals surface area contributed by atoms with E-state index >= 15 is 13.2 Å². The Morgan fingerprint density at radius 2 is 1.75 bits per heavy atom. The Kier molecular flexibility index (Phi) is 11.9. The number of nitrogens with zero attached hydrogens (tertiary/aromatic N) is 5. The number of hydrogen-bond acceptors (Lipinski definition) is 10. The predicted molar refractivity (Wildman–Crippen MR) is 182 cm³/mol. The highest BCUT2D eigenvalue weighted by Crippen LogP contribution is 2.36. The molecule has 1 saturated carbocycles. The van der Waals surface area contributed by atoms with Crippen LogP contribution in [-0.4, -0.2) is 99.9 Å². The van der Waals surface area contributed by atoms with Gasteiger partial charge in [-0.15, -0.1) is 5.10 Å². The van der Waals surface area contributed by atoms with Crippen molar-refractivity contribution in [2.45, 2.75) is 63.0 Å². The SMILES string of the molecule is COc1cncc(C(F)(F)C(=O)N[C@@](C)(C(=O)Nc2ccc(C[C@@H](NC(=O)c3cnns3)C(=O)N3CCN(C)CC3)cc2F)C2CCCCC2)c1. The molecule has 51 heavy (non-hydrogen) atoms.